The van der Waals surface area contributed by atoms with E-state index in [4.69, 9.17) is 4.52 Å². The normalized spacial score (nSPS) is 24.6. The molecular formula is C12H19N3O. The molecular weight excluding hydrogens is 202 g/mol. The molecule has 4 heteroatoms. The second kappa shape index (κ2) is 4.17. The molecule has 16 heavy (non-hydrogen) atoms. The van der Waals surface area contributed by atoms with E-state index in [1.165, 1.54) is 45.2 Å². The number of likely N-dealkylation sites (tertiary alicyclic amines) is 1. The minimum absolute atomic E-state index is 0.292. The molecule has 2 aliphatic rings. The monoisotopic (exact) mass is 221 g/mol. The average molecular weight is 221 g/mol. The van der Waals surface area contributed by atoms with Crippen LogP contribution in [0.15, 0.2) is 4.52 Å². The van der Waals surface area contributed by atoms with Crippen LogP contribution in [0.2, 0.25) is 0 Å². The predicted octanol–water partition coefficient (Wildman–Crippen LogP) is 2.49. The zero-order valence-corrected chi connectivity index (χ0v) is 9.85. The zero-order valence-electron chi connectivity index (χ0n) is 9.85. The Bertz CT molecular complexity index is 353. The molecule has 0 aromatic carbocycles. The van der Waals surface area contributed by atoms with Crippen LogP contribution in [0.4, 0.5) is 0 Å². The van der Waals surface area contributed by atoms with Gasteiger partial charge in [-0.05, 0) is 45.7 Å². The predicted molar refractivity (Wildman–Crippen MR) is 60.1 cm³/mol. The van der Waals surface area contributed by atoms with E-state index in [-0.39, 0.29) is 0 Å². The Morgan fingerprint density at radius 2 is 2.00 bits per heavy atom. The number of aromatic nitrogens is 2. The van der Waals surface area contributed by atoms with Crippen molar-refractivity contribution < 1.29 is 4.52 Å². The van der Waals surface area contributed by atoms with Gasteiger partial charge in [0, 0.05) is 5.92 Å². The van der Waals surface area contributed by atoms with Crippen molar-refractivity contribution in [3.05, 3.63) is 11.7 Å². The van der Waals surface area contributed by atoms with Gasteiger partial charge in [-0.3, -0.25) is 4.90 Å². The van der Waals surface area contributed by atoms with Crippen LogP contribution in [0.5, 0.6) is 0 Å². The molecule has 0 N–H and O–H groups in total. The van der Waals surface area contributed by atoms with Crippen LogP contribution in [0.1, 0.15) is 62.7 Å². The second-order valence-corrected chi connectivity index (χ2v) is 5.04. The van der Waals surface area contributed by atoms with Crippen LogP contribution in [0.3, 0.4) is 0 Å². The number of hydrogen-bond acceptors (Lipinski definition) is 4. The molecule has 1 aromatic heterocycles. The van der Waals surface area contributed by atoms with Gasteiger partial charge in [0.1, 0.15) is 0 Å². The lowest BCUT2D eigenvalue weighted by Gasteiger charge is -2.29. The molecule has 1 aliphatic heterocycles. The molecule has 1 aromatic rings. The van der Waals surface area contributed by atoms with E-state index in [2.05, 4.69) is 22.0 Å². The topological polar surface area (TPSA) is 42.2 Å². The van der Waals surface area contributed by atoms with Crippen molar-refractivity contribution >= 4 is 0 Å². The minimum atomic E-state index is 0.292. The van der Waals surface area contributed by atoms with E-state index < -0.39 is 0 Å². The summed E-state index contributed by atoms with van der Waals surface area (Å²) in [6.45, 7) is 4.51. The first kappa shape index (κ1) is 10.3. The van der Waals surface area contributed by atoms with Gasteiger partial charge in [-0.1, -0.05) is 11.6 Å². The van der Waals surface area contributed by atoms with Crippen LogP contribution in [0.25, 0.3) is 0 Å². The number of piperidine rings is 1. The third-order valence-corrected chi connectivity index (χ3v) is 3.70. The summed E-state index contributed by atoms with van der Waals surface area (Å²) in [7, 11) is 0. The van der Waals surface area contributed by atoms with Gasteiger partial charge in [0.15, 0.2) is 5.82 Å². The Hall–Kier alpha value is -0.900. The van der Waals surface area contributed by atoms with Crippen molar-refractivity contribution in [1.82, 2.24) is 15.0 Å². The number of nitrogens with zero attached hydrogens (tertiary/aromatic N) is 3. The Balaban J connectivity index is 1.69. The molecule has 1 saturated heterocycles. The van der Waals surface area contributed by atoms with E-state index in [0.29, 0.717) is 12.0 Å². The Labute approximate surface area is 96.0 Å². The van der Waals surface area contributed by atoms with Crippen molar-refractivity contribution in [2.45, 2.75) is 51.0 Å². The molecule has 0 amide bonds. The molecule has 0 spiro atoms. The quantitative estimate of drug-likeness (QED) is 0.786. The molecule has 3 rings (SSSR count). The summed E-state index contributed by atoms with van der Waals surface area (Å²) in [5.74, 6) is 2.33. The van der Waals surface area contributed by atoms with Gasteiger partial charge in [-0.25, -0.2) is 0 Å². The van der Waals surface area contributed by atoms with Crippen LogP contribution < -0.4 is 0 Å². The summed E-state index contributed by atoms with van der Waals surface area (Å²) in [6.07, 6.45) is 6.43. The smallest absolute Gasteiger partial charge is 0.243 e. The maximum atomic E-state index is 5.38. The van der Waals surface area contributed by atoms with Crippen molar-refractivity contribution in [3.8, 4) is 0 Å². The van der Waals surface area contributed by atoms with Gasteiger partial charge in [-0.15, -0.1) is 0 Å². The molecule has 0 unspecified atom stereocenters. The molecule has 2 heterocycles. The summed E-state index contributed by atoms with van der Waals surface area (Å²) in [5.41, 5.74) is 0. The summed E-state index contributed by atoms with van der Waals surface area (Å²) in [6, 6.07) is 0.292. The van der Waals surface area contributed by atoms with Crippen molar-refractivity contribution in [3.63, 3.8) is 0 Å². The molecule has 4 nitrogen and oxygen atoms in total. The highest BCUT2D eigenvalue weighted by Crippen LogP contribution is 2.38. The van der Waals surface area contributed by atoms with E-state index in [9.17, 15) is 0 Å². The maximum Gasteiger partial charge on any atom is 0.243 e. The van der Waals surface area contributed by atoms with E-state index in [0.717, 1.165) is 11.7 Å². The van der Waals surface area contributed by atoms with E-state index in [1.54, 1.807) is 0 Å². The van der Waals surface area contributed by atoms with Crippen LogP contribution in [-0.4, -0.2) is 28.1 Å². The summed E-state index contributed by atoms with van der Waals surface area (Å²) in [5, 5.41) is 4.08. The third kappa shape index (κ3) is 1.98. The first-order valence-electron chi connectivity index (χ1n) is 6.42. The maximum absolute atomic E-state index is 5.38. The van der Waals surface area contributed by atoms with Gasteiger partial charge < -0.3 is 4.52 Å². The largest absolute Gasteiger partial charge is 0.338 e. The molecule has 88 valence electrons. The molecule has 0 radical (unpaired) electrons. The van der Waals surface area contributed by atoms with Crippen LogP contribution >= 0.6 is 0 Å². The summed E-state index contributed by atoms with van der Waals surface area (Å²) >= 11 is 0. The molecule has 0 bridgehead atoms. The van der Waals surface area contributed by atoms with Gasteiger partial charge in [0.2, 0.25) is 5.89 Å². The summed E-state index contributed by atoms with van der Waals surface area (Å²) in [4.78, 5) is 6.98. The van der Waals surface area contributed by atoms with Gasteiger partial charge >= 0.3 is 0 Å². The van der Waals surface area contributed by atoms with Gasteiger partial charge in [-0.2, -0.15) is 4.98 Å². The highest BCUT2D eigenvalue weighted by molar-refractivity contribution is 5.04. The van der Waals surface area contributed by atoms with Crippen LogP contribution in [0, 0.1) is 0 Å². The van der Waals surface area contributed by atoms with Crippen LogP contribution in [-0.2, 0) is 0 Å². The number of rotatable bonds is 3. The lowest BCUT2D eigenvalue weighted by Crippen LogP contribution is -2.32. The SMILES string of the molecule is C[C@@H](c1nc(C2CC2)no1)N1CCCCC1. The summed E-state index contributed by atoms with van der Waals surface area (Å²) < 4.78 is 5.38. The Kier molecular flexibility index (Phi) is 2.67. The lowest BCUT2D eigenvalue weighted by atomic mass is 10.1. The second-order valence-electron chi connectivity index (χ2n) is 5.04. The number of hydrogen-bond donors (Lipinski definition) is 0. The van der Waals surface area contributed by atoms with Crippen molar-refractivity contribution in [2.75, 3.05) is 13.1 Å². The highest BCUT2D eigenvalue weighted by Gasteiger charge is 2.30. The van der Waals surface area contributed by atoms with Crippen molar-refractivity contribution in [2.24, 2.45) is 0 Å². The fourth-order valence-corrected chi connectivity index (χ4v) is 2.39. The van der Waals surface area contributed by atoms with Gasteiger partial charge in [0.25, 0.3) is 0 Å². The Morgan fingerprint density at radius 1 is 1.25 bits per heavy atom. The molecule has 1 atom stereocenters. The molecule has 1 aliphatic carbocycles. The highest BCUT2D eigenvalue weighted by atomic mass is 16.5. The van der Waals surface area contributed by atoms with Gasteiger partial charge in [0.05, 0.1) is 6.04 Å². The standard InChI is InChI=1S/C12H19N3O/c1-9(15-7-3-2-4-8-15)12-13-11(14-16-12)10-5-6-10/h9-10H,2-8H2,1H3/t9-/m0/s1. The van der Waals surface area contributed by atoms with E-state index in [1.807, 2.05) is 0 Å². The molecule has 2 fully saturated rings. The first-order chi connectivity index (χ1) is 7.84. The molecule has 1 saturated carbocycles. The fraction of sp³-hybridized carbons (Fsp3) is 0.833. The third-order valence-electron chi connectivity index (χ3n) is 3.70. The minimum Gasteiger partial charge on any atom is -0.338 e. The average Bonchev–Trinajstić information content (AvgIpc) is 3.08. The van der Waals surface area contributed by atoms with Crippen molar-refractivity contribution in [1.29, 1.82) is 0 Å². The van der Waals surface area contributed by atoms with E-state index >= 15 is 0 Å². The zero-order chi connectivity index (χ0) is 11.0. The Morgan fingerprint density at radius 3 is 2.69 bits per heavy atom. The lowest BCUT2D eigenvalue weighted by molar-refractivity contribution is 0.146. The fourth-order valence-electron chi connectivity index (χ4n) is 2.39. The first-order valence-corrected chi connectivity index (χ1v) is 6.42.